The molecular formula is C24H30N2O4. The molecule has 0 N–H and O–H groups in total. The molecule has 1 heterocycles. The Bertz CT molecular complexity index is 844. The largest absolute Gasteiger partial charge is 0.493 e. The molecule has 160 valence electrons. The van der Waals surface area contributed by atoms with Crippen molar-refractivity contribution in [2.75, 3.05) is 13.7 Å². The number of carbonyl (C=O) groups excluding carboxylic acids is 1. The molecule has 1 fully saturated rings. The van der Waals surface area contributed by atoms with Crippen LogP contribution >= 0.6 is 0 Å². The van der Waals surface area contributed by atoms with Crippen LogP contribution in [0.3, 0.4) is 0 Å². The molecular weight excluding hydrogens is 380 g/mol. The van der Waals surface area contributed by atoms with Crippen LogP contribution in [-0.4, -0.2) is 42.8 Å². The number of oxime groups is 1. The number of methoxy groups -OCH3 is 1. The maximum absolute atomic E-state index is 12.5. The third kappa shape index (κ3) is 5.75. The zero-order valence-electron chi connectivity index (χ0n) is 17.9. The number of piperidine rings is 1. The number of carbonyl (C=O) groups is 1. The second kappa shape index (κ2) is 10.7. The summed E-state index contributed by atoms with van der Waals surface area (Å²) in [6, 6.07) is 16.0. The molecule has 3 rings (SSSR count). The van der Waals surface area contributed by atoms with Crippen molar-refractivity contribution in [3.8, 4) is 11.5 Å². The number of amides is 1. The summed E-state index contributed by atoms with van der Waals surface area (Å²) in [7, 11) is 1.60. The molecule has 0 bridgehead atoms. The highest BCUT2D eigenvalue weighted by Gasteiger charge is 2.28. The molecule has 1 saturated heterocycles. The predicted octanol–water partition coefficient (Wildman–Crippen LogP) is 4.41. The van der Waals surface area contributed by atoms with Crippen LogP contribution in [0.1, 0.15) is 44.2 Å². The highest BCUT2D eigenvalue weighted by Crippen LogP contribution is 2.28. The molecule has 1 aliphatic heterocycles. The van der Waals surface area contributed by atoms with Crippen molar-refractivity contribution in [3.05, 3.63) is 59.7 Å². The molecule has 6 nitrogen and oxygen atoms in total. The first-order valence-corrected chi connectivity index (χ1v) is 10.4. The fourth-order valence-corrected chi connectivity index (χ4v) is 3.80. The SMILES string of the molecule is COc1cc(/C=N/OCC(=O)N2C(C)CCCC2C)ccc1OCc1ccccc1. The molecule has 0 aromatic heterocycles. The lowest BCUT2D eigenvalue weighted by molar-refractivity contribution is -0.142. The minimum absolute atomic E-state index is 0.0194. The first-order chi connectivity index (χ1) is 14.6. The normalized spacial score (nSPS) is 19.0. The third-order valence-electron chi connectivity index (χ3n) is 5.37. The van der Waals surface area contributed by atoms with Gasteiger partial charge >= 0.3 is 0 Å². The predicted molar refractivity (Wildman–Crippen MR) is 117 cm³/mol. The van der Waals surface area contributed by atoms with Crippen molar-refractivity contribution < 1.29 is 19.1 Å². The lowest BCUT2D eigenvalue weighted by Crippen LogP contribution is -2.48. The van der Waals surface area contributed by atoms with Gasteiger partial charge in [-0.3, -0.25) is 4.79 Å². The Morgan fingerprint density at radius 2 is 1.83 bits per heavy atom. The summed E-state index contributed by atoms with van der Waals surface area (Å²) in [5.74, 6) is 1.25. The molecule has 6 heteroatoms. The molecule has 2 aromatic carbocycles. The van der Waals surface area contributed by atoms with Gasteiger partial charge in [-0.15, -0.1) is 0 Å². The van der Waals surface area contributed by atoms with Gasteiger partial charge in [0, 0.05) is 17.6 Å². The number of rotatable bonds is 8. The number of likely N-dealkylation sites (tertiary alicyclic amines) is 1. The molecule has 0 radical (unpaired) electrons. The lowest BCUT2D eigenvalue weighted by atomic mass is 9.97. The van der Waals surface area contributed by atoms with Crippen molar-refractivity contribution in [3.63, 3.8) is 0 Å². The van der Waals surface area contributed by atoms with Gasteiger partial charge in [0.25, 0.3) is 5.91 Å². The van der Waals surface area contributed by atoms with E-state index in [0.29, 0.717) is 18.1 Å². The van der Waals surface area contributed by atoms with Gasteiger partial charge < -0.3 is 19.2 Å². The summed E-state index contributed by atoms with van der Waals surface area (Å²) >= 11 is 0. The highest BCUT2D eigenvalue weighted by molar-refractivity contribution is 5.81. The monoisotopic (exact) mass is 410 g/mol. The van der Waals surface area contributed by atoms with Gasteiger partial charge in [-0.25, -0.2) is 0 Å². The van der Waals surface area contributed by atoms with Gasteiger partial charge in [0.2, 0.25) is 0 Å². The zero-order valence-corrected chi connectivity index (χ0v) is 17.9. The van der Waals surface area contributed by atoms with Crippen LogP contribution in [0.5, 0.6) is 11.5 Å². The minimum atomic E-state index is -0.0550. The molecule has 2 aromatic rings. The Labute approximate surface area is 178 Å². The number of nitrogens with zero attached hydrogens (tertiary/aromatic N) is 2. The summed E-state index contributed by atoms with van der Waals surface area (Å²) in [6.45, 7) is 4.58. The van der Waals surface area contributed by atoms with Crippen molar-refractivity contribution >= 4 is 12.1 Å². The smallest absolute Gasteiger partial charge is 0.263 e. The van der Waals surface area contributed by atoms with Crippen LogP contribution in [-0.2, 0) is 16.2 Å². The van der Waals surface area contributed by atoms with Crippen LogP contribution in [0.2, 0.25) is 0 Å². The standard InChI is InChI=1S/C24H30N2O4/c1-18-8-7-9-19(2)26(18)24(27)17-30-25-15-21-12-13-22(23(14-21)28-3)29-16-20-10-5-4-6-11-20/h4-6,10-15,18-19H,7-9,16-17H2,1-3H3/b25-15+. The summed E-state index contributed by atoms with van der Waals surface area (Å²) < 4.78 is 11.3. The van der Waals surface area contributed by atoms with E-state index in [4.69, 9.17) is 14.3 Å². The maximum Gasteiger partial charge on any atom is 0.263 e. The molecule has 30 heavy (non-hydrogen) atoms. The summed E-state index contributed by atoms with van der Waals surface area (Å²) in [5.41, 5.74) is 1.88. The van der Waals surface area contributed by atoms with Gasteiger partial charge in [0.05, 0.1) is 13.3 Å². The van der Waals surface area contributed by atoms with E-state index in [1.807, 2.05) is 53.4 Å². The van der Waals surface area contributed by atoms with Gasteiger partial charge in [-0.2, -0.15) is 0 Å². The molecule has 1 aliphatic rings. The average molecular weight is 411 g/mol. The average Bonchev–Trinajstić information content (AvgIpc) is 2.76. The Hall–Kier alpha value is -3.02. The highest BCUT2D eigenvalue weighted by atomic mass is 16.6. The Balaban J connectivity index is 1.53. The van der Waals surface area contributed by atoms with Crippen LogP contribution in [0.25, 0.3) is 0 Å². The van der Waals surface area contributed by atoms with Crippen molar-refractivity contribution in [1.29, 1.82) is 0 Å². The summed E-state index contributed by atoms with van der Waals surface area (Å²) in [6.07, 6.45) is 4.81. The number of hydrogen-bond donors (Lipinski definition) is 0. The Morgan fingerprint density at radius 3 is 2.53 bits per heavy atom. The van der Waals surface area contributed by atoms with E-state index >= 15 is 0 Å². The topological polar surface area (TPSA) is 60.4 Å². The Kier molecular flexibility index (Phi) is 7.71. The molecule has 0 spiro atoms. The quantitative estimate of drug-likeness (QED) is 0.478. The van der Waals surface area contributed by atoms with E-state index in [1.54, 1.807) is 13.3 Å². The molecule has 2 atom stereocenters. The van der Waals surface area contributed by atoms with Crippen LogP contribution < -0.4 is 9.47 Å². The fraction of sp³-hybridized carbons (Fsp3) is 0.417. The third-order valence-corrected chi connectivity index (χ3v) is 5.37. The van der Waals surface area contributed by atoms with E-state index in [9.17, 15) is 4.79 Å². The van der Waals surface area contributed by atoms with Gasteiger partial charge in [0.1, 0.15) is 6.61 Å². The second-order valence-corrected chi connectivity index (χ2v) is 7.62. The number of hydrogen-bond acceptors (Lipinski definition) is 5. The first-order valence-electron chi connectivity index (χ1n) is 10.4. The number of benzene rings is 2. The summed E-state index contributed by atoms with van der Waals surface area (Å²) in [4.78, 5) is 19.6. The lowest BCUT2D eigenvalue weighted by Gasteiger charge is -2.38. The minimum Gasteiger partial charge on any atom is -0.493 e. The van der Waals surface area contributed by atoms with Gasteiger partial charge in [-0.05, 0) is 56.9 Å². The van der Waals surface area contributed by atoms with Gasteiger partial charge in [-0.1, -0.05) is 35.5 Å². The Morgan fingerprint density at radius 1 is 1.10 bits per heavy atom. The van der Waals surface area contributed by atoms with Crippen LogP contribution in [0.15, 0.2) is 53.7 Å². The number of ether oxygens (including phenoxy) is 2. The maximum atomic E-state index is 12.5. The van der Waals surface area contributed by atoms with Crippen LogP contribution in [0.4, 0.5) is 0 Å². The van der Waals surface area contributed by atoms with Crippen molar-refractivity contribution in [2.45, 2.75) is 51.8 Å². The van der Waals surface area contributed by atoms with E-state index in [1.165, 1.54) is 0 Å². The van der Waals surface area contributed by atoms with E-state index in [-0.39, 0.29) is 24.6 Å². The van der Waals surface area contributed by atoms with Crippen molar-refractivity contribution in [2.24, 2.45) is 5.16 Å². The molecule has 0 aliphatic carbocycles. The second-order valence-electron chi connectivity index (χ2n) is 7.62. The molecule has 0 saturated carbocycles. The van der Waals surface area contributed by atoms with E-state index in [0.717, 1.165) is 30.4 Å². The summed E-state index contributed by atoms with van der Waals surface area (Å²) in [5, 5.41) is 3.96. The van der Waals surface area contributed by atoms with Crippen LogP contribution in [0, 0.1) is 0 Å². The van der Waals surface area contributed by atoms with Gasteiger partial charge in [0.15, 0.2) is 18.1 Å². The van der Waals surface area contributed by atoms with E-state index < -0.39 is 0 Å². The van der Waals surface area contributed by atoms with Crippen molar-refractivity contribution in [1.82, 2.24) is 4.90 Å². The zero-order chi connectivity index (χ0) is 21.3. The molecule has 1 amide bonds. The first kappa shape index (κ1) is 21.7. The van der Waals surface area contributed by atoms with E-state index in [2.05, 4.69) is 19.0 Å². The fourth-order valence-electron chi connectivity index (χ4n) is 3.80. The molecule has 2 unspecified atom stereocenters.